The van der Waals surface area contributed by atoms with Crippen molar-refractivity contribution in [2.24, 2.45) is 21.0 Å². The first-order valence-electron chi connectivity index (χ1n) is 8.15. The van der Waals surface area contributed by atoms with Crippen LogP contribution in [0.1, 0.15) is 16.1 Å². The van der Waals surface area contributed by atoms with Crippen LogP contribution in [0.4, 0.5) is 0 Å². The van der Waals surface area contributed by atoms with Crippen molar-refractivity contribution in [3.8, 4) is 11.3 Å². The number of hydrogen-bond donors (Lipinski definition) is 3. The van der Waals surface area contributed by atoms with E-state index in [1.54, 1.807) is 36.4 Å². The number of aromatic nitrogens is 1. The van der Waals surface area contributed by atoms with Crippen LogP contribution in [0.15, 0.2) is 79.7 Å². The van der Waals surface area contributed by atoms with E-state index in [9.17, 15) is 13.2 Å². The Bertz CT molecular complexity index is 1160. The lowest BCUT2D eigenvalue weighted by molar-refractivity contribution is 0.0955. The van der Waals surface area contributed by atoms with Gasteiger partial charge in [0.2, 0.25) is 5.96 Å². The molecule has 10 nitrogen and oxygen atoms in total. The SMILES string of the molecule is NC(N)=NS(=O)(=O)c1ccc(-c2ccc(C=NNC(=O)c3ccncc3)o2)cc1. The van der Waals surface area contributed by atoms with Crippen LogP contribution in [-0.2, 0) is 10.0 Å². The van der Waals surface area contributed by atoms with Crippen LogP contribution < -0.4 is 16.9 Å². The van der Waals surface area contributed by atoms with Crippen LogP contribution in [0.3, 0.4) is 0 Å². The smallest absolute Gasteiger partial charge is 0.285 e. The molecule has 0 aliphatic carbocycles. The lowest BCUT2D eigenvalue weighted by Gasteiger charge is -2.01. The van der Waals surface area contributed by atoms with Gasteiger partial charge >= 0.3 is 0 Å². The molecule has 0 saturated carbocycles. The third kappa shape index (κ3) is 5.05. The van der Waals surface area contributed by atoms with E-state index in [-0.39, 0.29) is 10.8 Å². The molecule has 11 heteroatoms. The van der Waals surface area contributed by atoms with E-state index in [0.29, 0.717) is 22.6 Å². The number of benzene rings is 1. The van der Waals surface area contributed by atoms with Gasteiger partial charge in [0.05, 0.1) is 11.1 Å². The van der Waals surface area contributed by atoms with Gasteiger partial charge in [0.15, 0.2) is 0 Å². The number of sulfonamides is 1. The Morgan fingerprint density at radius 2 is 1.72 bits per heavy atom. The number of amides is 1. The number of hydrazone groups is 1. The molecule has 5 N–H and O–H groups in total. The van der Waals surface area contributed by atoms with Crippen LogP contribution in [0.25, 0.3) is 11.3 Å². The predicted octanol–water partition coefficient (Wildman–Crippen LogP) is 1.07. The number of hydrogen-bond acceptors (Lipinski definition) is 6. The molecular formula is C18H16N6O4S. The average Bonchev–Trinajstić information content (AvgIpc) is 3.17. The van der Waals surface area contributed by atoms with Gasteiger partial charge in [0.25, 0.3) is 15.9 Å². The number of nitrogens with one attached hydrogen (secondary N) is 1. The second kappa shape index (κ2) is 8.35. The second-order valence-corrected chi connectivity index (χ2v) is 7.26. The second-order valence-electron chi connectivity index (χ2n) is 5.65. The van der Waals surface area contributed by atoms with Crippen LogP contribution in [-0.4, -0.2) is 31.5 Å². The molecule has 0 aliphatic heterocycles. The lowest BCUT2D eigenvalue weighted by atomic mass is 10.2. The number of rotatable bonds is 6. The molecule has 2 heterocycles. The molecule has 0 spiro atoms. The molecule has 1 amide bonds. The maximum Gasteiger partial charge on any atom is 0.285 e. The van der Waals surface area contributed by atoms with Crippen molar-refractivity contribution in [2.45, 2.75) is 4.90 Å². The Balaban J connectivity index is 1.68. The zero-order valence-electron chi connectivity index (χ0n) is 14.9. The van der Waals surface area contributed by atoms with Crippen LogP contribution >= 0.6 is 0 Å². The van der Waals surface area contributed by atoms with Crippen LogP contribution in [0, 0.1) is 0 Å². The monoisotopic (exact) mass is 412 g/mol. The van der Waals surface area contributed by atoms with Gasteiger partial charge in [0, 0.05) is 23.5 Å². The third-order valence-corrected chi connectivity index (χ3v) is 4.91. The molecule has 29 heavy (non-hydrogen) atoms. The largest absolute Gasteiger partial charge is 0.455 e. The van der Waals surface area contributed by atoms with E-state index in [1.165, 1.54) is 30.7 Å². The minimum atomic E-state index is -3.95. The highest BCUT2D eigenvalue weighted by atomic mass is 32.2. The standard InChI is InChI=1S/C18H16N6O4S/c19-18(20)24-29(26,27)15-4-1-12(2-5-15)16-6-3-14(28-16)11-22-23-17(25)13-7-9-21-10-8-13/h1-11H,(H,23,25)(H4,19,20,24). The van der Waals surface area contributed by atoms with E-state index >= 15 is 0 Å². The molecule has 1 aromatic carbocycles. The van der Waals surface area contributed by atoms with Crippen molar-refractivity contribution in [1.29, 1.82) is 0 Å². The number of furan rings is 1. The Kier molecular flexibility index (Phi) is 5.69. The summed E-state index contributed by atoms with van der Waals surface area (Å²) in [6, 6.07) is 12.3. The molecule has 2 aromatic heterocycles. The lowest BCUT2D eigenvalue weighted by Crippen LogP contribution is -2.24. The van der Waals surface area contributed by atoms with Gasteiger partial charge in [-0.15, -0.1) is 4.40 Å². The zero-order valence-corrected chi connectivity index (χ0v) is 15.7. The summed E-state index contributed by atoms with van der Waals surface area (Å²) in [4.78, 5) is 15.7. The fourth-order valence-corrected chi connectivity index (χ4v) is 3.15. The molecule has 0 aliphatic rings. The minimum absolute atomic E-state index is 0.0539. The summed E-state index contributed by atoms with van der Waals surface area (Å²) in [7, 11) is -3.95. The van der Waals surface area contributed by atoms with Gasteiger partial charge in [-0.1, -0.05) is 0 Å². The molecule has 3 aromatic rings. The Morgan fingerprint density at radius 3 is 2.38 bits per heavy atom. The van der Waals surface area contributed by atoms with Crippen LogP contribution in [0.5, 0.6) is 0 Å². The Labute approximate surface area is 166 Å². The normalized spacial score (nSPS) is 11.3. The number of guanidine groups is 1. The predicted molar refractivity (Wildman–Crippen MR) is 106 cm³/mol. The van der Waals surface area contributed by atoms with Crippen molar-refractivity contribution in [3.63, 3.8) is 0 Å². The maximum absolute atomic E-state index is 11.9. The van der Waals surface area contributed by atoms with Crippen molar-refractivity contribution in [2.75, 3.05) is 0 Å². The fraction of sp³-hybridized carbons (Fsp3) is 0. The van der Waals surface area contributed by atoms with Crippen molar-refractivity contribution in [1.82, 2.24) is 10.4 Å². The van der Waals surface area contributed by atoms with Gasteiger partial charge < -0.3 is 15.9 Å². The number of carbonyl (C=O) groups excluding carboxylic acids is 1. The molecule has 0 unspecified atom stereocenters. The number of carbonyl (C=O) groups is 1. The molecule has 0 radical (unpaired) electrons. The van der Waals surface area contributed by atoms with E-state index in [4.69, 9.17) is 15.9 Å². The van der Waals surface area contributed by atoms with Gasteiger partial charge in [-0.05, 0) is 48.5 Å². The third-order valence-electron chi connectivity index (χ3n) is 3.59. The molecule has 3 rings (SSSR count). The molecule has 0 fully saturated rings. The van der Waals surface area contributed by atoms with E-state index in [2.05, 4.69) is 19.9 Å². The number of nitrogens with zero attached hydrogens (tertiary/aromatic N) is 3. The summed E-state index contributed by atoms with van der Waals surface area (Å²) in [5.41, 5.74) is 13.7. The summed E-state index contributed by atoms with van der Waals surface area (Å²) in [6.07, 6.45) is 4.36. The first-order valence-corrected chi connectivity index (χ1v) is 9.59. The van der Waals surface area contributed by atoms with Gasteiger partial charge in [0.1, 0.15) is 11.5 Å². The highest BCUT2D eigenvalue weighted by Crippen LogP contribution is 2.23. The topological polar surface area (TPSA) is 166 Å². The van der Waals surface area contributed by atoms with E-state index in [1.807, 2.05) is 0 Å². The molecule has 0 atom stereocenters. The number of pyridine rings is 1. The molecule has 0 saturated heterocycles. The van der Waals surface area contributed by atoms with Crippen molar-refractivity contribution < 1.29 is 17.6 Å². The van der Waals surface area contributed by atoms with Crippen molar-refractivity contribution >= 4 is 28.1 Å². The van der Waals surface area contributed by atoms with Gasteiger partial charge in [-0.2, -0.15) is 13.5 Å². The van der Waals surface area contributed by atoms with Crippen molar-refractivity contribution in [3.05, 3.63) is 72.2 Å². The quantitative estimate of drug-likeness (QED) is 0.309. The maximum atomic E-state index is 11.9. The summed E-state index contributed by atoms with van der Waals surface area (Å²) >= 11 is 0. The minimum Gasteiger partial charge on any atom is -0.455 e. The summed E-state index contributed by atoms with van der Waals surface area (Å²) in [5, 5.41) is 3.84. The van der Waals surface area contributed by atoms with E-state index in [0.717, 1.165) is 0 Å². The Hall–Kier alpha value is -3.99. The van der Waals surface area contributed by atoms with E-state index < -0.39 is 16.0 Å². The first-order chi connectivity index (χ1) is 13.8. The zero-order chi connectivity index (χ0) is 20.9. The first kappa shape index (κ1) is 19.8. The van der Waals surface area contributed by atoms with Crippen LogP contribution in [0.2, 0.25) is 0 Å². The Morgan fingerprint density at radius 1 is 1.03 bits per heavy atom. The average molecular weight is 412 g/mol. The molecule has 148 valence electrons. The summed E-state index contributed by atoms with van der Waals surface area (Å²) < 4.78 is 32.7. The molecule has 0 bridgehead atoms. The van der Waals surface area contributed by atoms with Gasteiger partial charge in [-0.3, -0.25) is 9.78 Å². The summed E-state index contributed by atoms with van der Waals surface area (Å²) in [5.74, 6) is -0.0435. The highest BCUT2D eigenvalue weighted by Gasteiger charge is 2.13. The number of nitrogens with two attached hydrogens (primary N) is 2. The fourth-order valence-electron chi connectivity index (χ4n) is 2.28. The highest BCUT2D eigenvalue weighted by molar-refractivity contribution is 7.90. The van der Waals surface area contributed by atoms with Gasteiger partial charge in [-0.25, -0.2) is 5.43 Å². The summed E-state index contributed by atoms with van der Waals surface area (Å²) in [6.45, 7) is 0. The molecular weight excluding hydrogens is 396 g/mol.